The SMILES string of the molecule is CCOC(=O)Cn1c(=NC(=O)c2cccc(NS(=O)(=O)c3ccc(Cl)cc3)c2)sc2cc(F)cc(F)c21. The van der Waals surface area contributed by atoms with E-state index in [1.54, 1.807) is 6.92 Å². The van der Waals surface area contributed by atoms with E-state index >= 15 is 0 Å². The van der Waals surface area contributed by atoms with Gasteiger partial charge in [-0.2, -0.15) is 4.99 Å². The molecule has 8 nitrogen and oxygen atoms in total. The number of fused-ring (bicyclic) bond motifs is 1. The van der Waals surface area contributed by atoms with E-state index in [2.05, 4.69) is 9.71 Å². The maximum Gasteiger partial charge on any atom is 0.326 e. The molecule has 4 aromatic rings. The number of halogens is 3. The van der Waals surface area contributed by atoms with E-state index in [1.165, 1.54) is 48.5 Å². The second-order valence-corrected chi connectivity index (χ2v) is 10.7. The molecule has 1 heterocycles. The number of amides is 1. The lowest BCUT2D eigenvalue weighted by Crippen LogP contribution is -2.23. The normalized spacial score (nSPS) is 12.1. The van der Waals surface area contributed by atoms with Gasteiger partial charge in [-0.25, -0.2) is 17.2 Å². The second kappa shape index (κ2) is 10.8. The number of thiazole rings is 1. The van der Waals surface area contributed by atoms with Gasteiger partial charge in [0.2, 0.25) is 0 Å². The highest BCUT2D eigenvalue weighted by atomic mass is 35.5. The number of carbonyl (C=O) groups is 2. The maximum atomic E-state index is 14.6. The van der Waals surface area contributed by atoms with Gasteiger partial charge in [0.1, 0.15) is 12.4 Å². The Labute approximate surface area is 218 Å². The molecule has 0 radical (unpaired) electrons. The average molecular weight is 566 g/mol. The zero-order valence-corrected chi connectivity index (χ0v) is 21.5. The van der Waals surface area contributed by atoms with E-state index < -0.39 is 40.1 Å². The lowest BCUT2D eigenvalue weighted by Gasteiger charge is -2.09. The number of anilines is 1. The van der Waals surface area contributed by atoms with Crippen LogP contribution in [0.2, 0.25) is 5.02 Å². The first kappa shape index (κ1) is 26.5. The number of carbonyl (C=O) groups excluding carboxylic acids is 2. The molecule has 3 aromatic carbocycles. The number of nitrogens with one attached hydrogen (secondary N) is 1. The molecule has 0 unspecified atom stereocenters. The average Bonchev–Trinajstić information content (AvgIpc) is 3.15. The highest BCUT2D eigenvalue weighted by molar-refractivity contribution is 7.92. The number of rotatable bonds is 7. The van der Waals surface area contributed by atoms with Gasteiger partial charge in [-0.1, -0.05) is 29.0 Å². The van der Waals surface area contributed by atoms with Crippen molar-refractivity contribution >= 4 is 60.7 Å². The number of benzene rings is 3. The Hall–Kier alpha value is -3.61. The van der Waals surface area contributed by atoms with Crippen molar-refractivity contribution in [2.24, 2.45) is 4.99 Å². The summed E-state index contributed by atoms with van der Waals surface area (Å²) in [7, 11) is -3.96. The van der Waals surface area contributed by atoms with Crippen LogP contribution < -0.4 is 9.52 Å². The number of hydrogen-bond acceptors (Lipinski definition) is 6. The molecule has 1 amide bonds. The zero-order valence-electron chi connectivity index (χ0n) is 19.1. The summed E-state index contributed by atoms with van der Waals surface area (Å²) in [6.07, 6.45) is 0. The third kappa shape index (κ3) is 6.04. The summed E-state index contributed by atoms with van der Waals surface area (Å²) in [6, 6.07) is 12.9. The third-order valence-electron chi connectivity index (χ3n) is 4.97. The van der Waals surface area contributed by atoms with Crippen LogP contribution in [0.15, 0.2) is 70.6 Å². The maximum absolute atomic E-state index is 14.6. The van der Waals surface area contributed by atoms with Crippen molar-refractivity contribution in [2.75, 3.05) is 11.3 Å². The first-order valence-corrected chi connectivity index (χ1v) is 13.4. The largest absolute Gasteiger partial charge is 0.465 e. The predicted octanol–water partition coefficient (Wildman–Crippen LogP) is 4.74. The van der Waals surface area contributed by atoms with Gasteiger partial charge < -0.3 is 9.30 Å². The number of nitrogens with zero attached hydrogens (tertiary/aromatic N) is 2. The number of aromatic nitrogens is 1. The molecule has 0 aliphatic heterocycles. The standard InChI is InChI=1S/C24H18ClF2N3O5S2/c1-2-35-21(31)13-30-22-19(27)11-16(26)12-20(22)36-24(30)28-23(32)14-4-3-5-17(10-14)29-37(33,34)18-8-6-15(25)7-9-18/h3-12,29H,2,13H2,1H3. The summed E-state index contributed by atoms with van der Waals surface area (Å²) in [5, 5.41) is 0.372. The molecule has 1 aromatic heterocycles. The number of ether oxygens (including phenoxy) is 1. The number of esters is 1. The second-order valence-electron chi connectivity index (χ2n) is 7.57. The van der Waals surface area contributed by atoms with E-state index in [-0.39, 0.29) is 37.8 Å². The van der Waals surface area contributed by atoms with Crippen LogP contribution in [0, 0.1) is 11.6 Å². The minimum Gasteiger partial charge on any atom is -0.465 e. The monoisotopic (exact) mass is 565 g/mol. The minimum absolute atomic E-state index is 0.0168. The molecule has 0 spiro atoms. The third-order valence-corrected chi connectivity index (χ3v) is 7.65. The molecular weight excluding hydrogens is 548 g/mol. The summed E-state index contributed by atoms with van der Waals surface area (Å²) in [5.41, 5.74) is 0.0124. The van der Waals surface area contributed by atoms with Crippen molar-refractivity contribution in [1.29, 1.82) is 0 Å². The van der Waals surface area contributed by atoms with Gasteiger partial charge in [0, 0.05) is 22.3 Å². The van der Waals surface area contributed by atoms with Crippen molar-refractivity contribution in [3.8, 4) is 0 Å². The van der Waals surface area contributed by atoms with Gasteiger partial charge in [-0.05, 0) is 55.5 Å². The van der Waals surface area contributed by atoms with E-state index in [4.69, 9.17) is 16.3 Å². The van der Waals surface area contributed by atoms with Crippen LogP contribution in [0.3, 0.4) is 0 Å². The van der Waals surface area contributed by atoms with Crippen LogP contribution in [0.4, 0.5) is 14.5 Å². The molecule has 0 atom stereocenters. The van der Waals surface area contributed by atoms with Crippen LogP contribution in [0.1, 0.15) is 17.3 Å². The van der Waals surface area contributed by atoms with E-state index in [1.807, 2.05) is 0 Å². The molecule has 1 N–H and O–H groups in total. The van der Waals surface area contributed by atoms with Crippen molar-refractivity contribution < 1.29 is 31.5 Å². The molecule has 13 heteroatoms. The van der Waals surface area contributed by atoms with Gasteiger partial charge in [0.15, 0.2) is 10.6 Å². The topological polar surface area (TPSA) is 107 Å². The number of sulfonamides is 1. The summed E-state index contributed by atoms with van der Waals surface area (Å²) in [5.74, 6) is -3.24. The molecular formula is C24H18ClF2N3O5S2. The first-order valence-electron chi connectivity index (χ1n) is 10.7. The van der Waals surface area contributed by atoms with E-state index in [0.29, 0.717) is 11.1 Å². The Kier molecular flexibility index (Phi) is 7.71. The lowest BCUT2D eigenvalue weighted by molar-refractivity contribution is -0.143. The summed E-state index contributed by atoms with van der Waals surface area (Å²) < 4.78 is 62.3. The summed E-state index contributed by atoms with van der Waals surface area (Å²) >= 11 is 6.63. The van der Waals surface area contributed by atoms with Gasteiger partial charge in [-0.15, -0.1) is 0 Å². The summed E-state index contributed by atoms with van der Waals surface area (Å²) in [6.45, 7) is 1.24. The van der Waals surface area contributed by atoms with Crippen LogP contribution in [0.25, 0.3) is 10.2 Å². The van der Waals surface area contributed by atoms with Crippen LogP contribution in [-0.2, 0) is 26.1 Å². The molecule has 37 heavy (non-hydrogen) atoms. The Morgan fingerprint density at radius 1 is 1.11 bits per heavy atom. The van der Waals surface area contributed by atoms with Crippen molar-refractivity contribution in [2.45, 2.75) is 18.4 Å². The van der Waals surface area contributed by atoms with Crippen molar-refractivity contribution in [1.82, 2.24) is 4.57 Å². The molecule has 192 valence electrons. The van der Waals surface area contributed by atoms with Crippen LogP contribution in [-0.4, -0.2) is 31.5 Å². The fourth-order valence-electron chi connectivity index (χ4n) is 3.39. The highest BCUT2D eigenvalue weighted by Gasteiger charge is 2.18. The van der Waals surface area contributed by atoms with Crippen LogP contribution in [0.5, 0.6) is 0 Å². The molecule has 4 rings (SSSR count). The zero-order chi connectivity index (χ0) is 26.7. The Morgan fingerprint density at radius 3 is 2.54 bits per heavy atom. The fraction of sp³-hybridized carbons (Fsp3) is 0.125. The van der Waals surface area contributed by atoms with Crippen molar-refractivity contribution in [3.05, 3.63) is 87.7 Å². The fourth-order valence-corrected chi connectivity index (χ4v) is 5.63. The Balaban J connectivity index is 1.71. The van der Waals surface area contributed by atoms with E-state index in [0.717, 1.165) is 22.0 Å². The molecule has 0 aliphatic carbocycles. The predicted molar refractivity (Wildman–Crippen MR) is 135 cm³/mol. The van der Waals surface area contributed by atoms with Gasteiger partial charge in [-0.3, -0.25) is 14.3 Å². The molecule has 0 fully saturated rings. The summed E-state index contributed by atoms with van der Waals surface area (Å²) in [4.78, 5) is 29.0. The van der Waals surface area contributed by atoms with Gasteiger partial charge in [0.25, 0.3) is 15.9 Å². The molecule has 0 saturated carbocycles. The highest BCUT2D eigenvalue weighted by Crippen LogP contribution is 2.23. The minimum atomic E-state index is -3.96. The quantitative estimate of drug-likeness (QED) is 0.326. The van der Waals surface area contributed by atoms with Crippen molar-refractivity contribution in [3.63, 3.8) is 0 Å². The molecule has 0 bridgehead atoms. The lowest BCUT2D eigenvalue weighted by atomic mass is 10.2. The smallest absolute Gasteiger partial charge is 0.326 e. The first-order chi connectivity index (χ1) is 17.6. The number of hydrogen-bond donors (Lipinski definition) is 1. The van der Waals surface area contributed by atoms with Crippen LogP contribution >= 0.6 is 22.9 Å². The Morgan fingerprint density at radius 2 is 1.84 bits per heavy atom. The van der Waals surface area contributed by atoms with E-state index in [9.17, 15) is 26.8 Å². The molecule has 0 aliphatic rings. The van der Waals surface area contributed by atoms with Gasteiger partial charge >= 0.3 is 5.97 Å². The van der Waals surface area contributed by atoms with Gasteiger partial charge in [0.05, 0.1) is 21.7 Å². The molecule has 0 saturated heterocycles. The Bertz CT molecular complexity index is 1680.